The summed E-state index contributed by atoms with van der Waals surface area (Å²) >= 11 is 0.808. The number of thioether (sulfide) groups is 1. The molecule has 1 fully saturated rings. The van der Waals surface area contributed by atoms with Crippen LogP contribution in [0.2, 0.25) is 0 Å². The predicted molar refractivity (Wildman–Crippen MR) is 90.5 cm³/mol. The van der Waals surface area contributed by atoms with Crippen LogP contribution in [0.3, 0.4) is 0 Å². The first kappa shape index (κ1) is 17.9. The summed E-state index contributed by atoms with van der Waals surface area (Å²) in [6.45, 7) is 2.11. The molecule has 1 heterocycles. The van der Waals surface area contributed by atoms with Gasteiger partial charge in [0.05, 0.1) is 13.7 Å². The minimum absolute atomic E-state index is 0.0434. The zero-order chi connectivity index (χ0) is 18.0. The summed E-state index contributed by atoms with van der Waals surface area (Å²) in [6.07, 6.45) is 3.45. The Bertz CT molecular complexity index is 748. The molecule has 2 unspecified atom stereocenters. The molecule has 0 amide bonds. The first-order valence-corrected chi connectivity index (χ1v) is 8.87. The molecule has 1 aliphatic carbocycles. The summed E-state index contributed by atoms with van der Waals surface area (Å²) in [7, 11) is 1.29. The molecule has 2 atom stereocenters. The lowest BCUT2D eigenvalue weighted by Gasteiger charge is -2.35. The number of ether oxygens (including phenoxy) is 1. The maximum Gasteiger partial charge on any atom is 0.374 e. The average Bonchev–Trinajstić information content (AvgIpc) is 3.37. The van der Waals surface area contributed by atoms with E-state index in [4.69, 9.17) is 0 Å². The van der Waals surface area contributed by atoms with E-state index in [9.17, 15) is 14.3 Å². The Hall–Kier alpha value is -1.93. The quantitative estimate of drug-likeness (QED) is 0.626. The fourth-order valence-corrected chi connectivity index (χ4v) is 3.56. The van der Waals surface area contributed by atoms with Crippen molar-refractivity contribution >= 4 is 17.1 Å². The summed E-state index contributed by atoms with van der Waals surface area (Å²) in [4.78, 5) is 15.6. The molecule has 2 aromatic rings. The zero-order valence-electron chi connectivity index (χ0n) is 14.1. The Balaban J connectivity index is 1.92. The SMILES string of the molecule is COC(=O)Sc1ncnn1CC(O)(c1ccc(F)cc1)C(C)C1CC1. The lowest BCUT2D eigenvalue weighted by molar-refractivity contribution is -0.0462. The third kappa shape index (κ3) is 3.85. The van der Waals surface area contributed by atoms with Crippen molar-refractivity contribution in [1.82, 2.24) is 14.8 Å². The third-order valence-electron chi connectivity index (χ3n) is 4.74. The van der Waals surface area contributed by atoms with Gasteiger partial charge in [-0.3, -0.25) is 0 Å². The highest BCUT2D eigenvalue weighted by molar-refractivity contribution is 8.13. The van der Waals surface area contributed by atoms with Crippen molar-refractivity contribution in [2.45, 2.75) is 37.1 Å². The molecule has 25 heavy (non-hydrogen) atoms. The van der Waals surface area contributed by atoms with Crippen LogP contribution in [0.1, 0.15) is 25.3 Å². The van der Waals surface area contributed by atoms with Gasteiger partial charge in [-0.25, -0.2) is 18.9 Å². The number of aliphatic hydroxyl groups is 1. The number of halogens is 1. The molecule has 0 bridgehead atoms. The first-order valence-electron chi connectivity index (χ1n) is 8.06. The Morgan fingerprint density at radius 3 is 2.76 bits per heavy atom. The van der Waals surface area contributed by atoms with E-state index < -0.39 is 10.9 Å². The van der Waals surface area contributed by atoms with E-state index in [1.54, 1.807) is 12.1 Å². The van der Waals surface area contributed by atoms with E-state index in [0.29, 0.717) is 16.6 Å². The number of methoxy groups -OCH3 is 1. The maximum absolute atomic E-state index is 13.3. The smallest absolute Gasteiger partial charge is 0.374 e. The molecule has 134 valence electrons. The second-order valence-electron chi connectivity index (χ2n) is 6.31. The lowest BCUT2D eigenvalue weighted by atomic mass is 9.79. The first-order chi connectivity index (χ1) is 11.9. The van der Waals surface area contributed by atoms with Crippen molar-refractivity contribution in [2.24, 2.45) is 11.8 Å². The number of hydrogen-bond acceptors (Lipinski definition) is 6. The fourth-order valence-electron chi connectivity index (χ4n) is 3.01. The van der Waals surface area contributed by atoms with Gasteiger partial charge in [0.1, 0.15) is 17.7 Å². The number of hydrogen-bond donors (Lipinski definition) is 1. The van der Waals surface area contributed by atoms with Gasteiger partial charge in [0, 0.05) is 11.8 Å². The summed E-state index contributed by atoms with van der Waals surface area (Å²) in [6, 6.07) is 5.87. The van der Waals surface area contributed by atoms with Crippen LogP contribution in [0.4, 0.5) is 9.18 Å². The Kier molecular flexibility index (Phi) is 5.10. The van der Waals surface area contributed by atoms with Gasteiger partial charge in [0.15, 0.2) is 5.16 Å². The van der Waals surface area contributed by atoms with Gasteiger partial charge in [0.2, 0.25) is 0 Å². The largest absolute Gasteiger partial charge is 0.461 e. The Morgan fingerprint density at radius 1 is 1.48 bits per heavy atom. The van der Waals surface area contributed by atoms with Gasteiger partial charge >= 0.3 is 5.30 Å². The summed E-state index contributed by atoms with van der Waals surface area (Å²) in [5.41, 5.74) is -0.619. The number of carbonyl (C=O) groups is 1. The standard InChI is InChI=1S/C17H20FN3O3S/c1-11(12-3-4-12)17(23,13-5-7-14(18)8-6-13)9-21-15(19-10-20-21)25-16(22)24-2/h5-8,10-12,23H,3-4,9H2,1-2H3. The highest BCUT2D eigenvalue weighted by Crippen LogP contribution is 2.46. The molecule has 1 aromatic carbocycles. The van der Waals surface area contributed by atoms with Crippen LogP contribution < -0.4 is 0 Å². The van der Waals surface area contributed by atoms with Crippen molar-refractivity contribution in [1.29, 1.82) is 0 Å². The molecule has 1 aliphatic rings. The molecule has 0 radical (unpaired) electrons. The number of aromatic nitrogens is 3. The number of rotatable bonds is 6. The average molecular weight is 365 g/mol. The van der Waals surface area contributed by atoms with Crippen molar-refractivity contribution in [3.63, 3.8) is 0 Å². The fraction of sp³-hybridized carbons (Fsp3) is 0.471. The summed E-state index contributed by atoms with van der Waals surface area (Å²) in [5.74, 6) is 0.0151. The van der Waals surface area contributed by atoms with Crippen molar-refractivity contribution < 1.29 is 19.0 Å². The van der Waals surface area contributed by atoms with Crippen LogP contribution in [-0.2, 0) is 16.9 Å². The van der Waals surface area contributed by atoms with Crippen LogP contribution in [-0.4, -0.2) is 32.3 Å². The lowest BCUT2D eigenvalue weighted by Crippen LogP contribution is -2.39. The van der Waals surface area contributed by atoms with Crippen LogP contribution >= 0.6 is 11.8 Å². The summed E-state index contributed by atoms with van der Waals surface area (Å²) in [5, 5.41) is 15.5. The molecule has 1 N–H and O–H groups in total. The normalized spacial score (nSPS) is 17.8. The molecule has 6 nitrogen and oxygen atoms in total. The van der Waals surface area contributed by atoms with E-state index in [1.807, 2.05) is 6.92 Å². The van der Waals surface area contributed by atoms with Crippen LogP contribution in [0.5, 0.6) is 0 Å². The monoisotopic (exact) mass is 365 g/mol. The molecule has 1 aromatic heterocycles. The van der Waals surface area contributed by atoms with Crippen molar-refractivity contribution in [3.05, 3.63) is 42.0 Å². The van der Waals surface area contributed by atoms with Crippen molar-refractivity contribution in [2.75, 3.05) is 7.11 Å². The van der Waals surface area contributed by atoms with Gasteiger partial charge in [-0.15, -0.1) is 0 Å². The van der Waals surface area contributed by atoms with Gasteiger partial charge < -0.3 is 9.84 Å². The topological polar surface area (TPSA) is 77.2 Å². The van der Waals surface area contributed by atoms with E-state index >= 15 is 0 Å². The minimum Gasteiger partial charge on any atom is -0.461 e. The van der Waals surface area contributed by atoms with Crippen LogP contribution in [0.25, 0.3) is 0 Å². The summed E-state index contributed by atoms with van der Waals surface area (Å²) < 4.78 is 19.4. The minimum atomic E-state index is -1.24. The molecular weight excluding hydrogens is 345 g/mol. The Labute approximate surface area is 149 Å². The van der Waals surface area contributed by atoms with Gasteiger partial charge in [-0.2, -0.15) is 5.10 Å². The molecule has 0 aliphatic heterocycles. The van der Waals surface area contributed by atoms with E-state index in [2.05, 4.69) is 14.8 Å². The van der Waals surface area contributed by atoms with E-state index in [0.717, 1.165) is 24.6 Å². The van der Waals surface area contributed by atoms with Crippen molar-refractivity contribution in [3.8, 4) is 0 Å². The van der Waals surface area contributed by atoms with Gasteiger partial charge in [0.25, 0.3) is 0 Å². The van der Waals surface area contributed by atoms with Crippen LogP contribution in [0.15, 0.2) is 35.7 Å². The maximum atomic E-state index is 13.3. The van der Waals surface area contributed by atoms with Crippen LogP contribution in [0, 0.1) is 17.7 Å². The van der Waals surface area contributed by atoms with Gasteiger partial charge in [-0.05, 0) is 42.4 Å². The van der Waals surface area contributed by atoms with E-state index in [-0.39, 0.29) is 18.3 Å². The molecule has 3 rings (SSSR count). The molecular formula is C17H20FN3O3S. The van der Waals surface area contributed by atoms with Gasteiger partial charge in [-0.1, -0.05) is 19.1 Å². The number of nitrogens with zero attached hydrogens (tertiary/aromatic N) is 3. The molecule has 0 saturated heterocycles. The molecule has 1 saturated carbocycles. The third-order valence-corrected chi connectivity index (χ3v) is 5.57. The highest BCUT2D eigenvalue weighted by Gasteiger charge is 2.45. The number of benzene rings is 1. The number of carbonyl (C=O) groups excluding carboxylic acids is 1. The second-order valence-corrected chi connectivity index (χ2v) is 7.22. The molecule has 8 heteroatoms. The predicted octanol–water partition coefficient (Wildman–Crippen LogP) is 3.21. The van der Waals surface area contributed by atoms with E-state index in [1.165, 1.54) is 30.3 Å². The second kappa shape index (κ2) is 7.13. The zero-order valence-corrected chi connectivity index (χ0v) is 14.9. The molecule has 0 spiro atoms. The Morgan fingerprint density at radius 2 is 2.16 bits per heavy atom. The highest BCUT2D eigenvalue weighted by atomic mass is 32.2.